The van der Waals surface area contributed by atoms with Gasteiger partial charge in [-0.25, -0.2) is 0 Å². The molecule has 3 aromatic rings. The summed E-state index contributed by atoms with van der Waals surface area (Å²) in [4.78, 5) is 19.3. The summed E-state index contributed by atoms with van der Waals surface area (Å²) in [5.41, 5.74) is 0.771. The molecule has 0 aromatic carbocycles. The number of hydrogen-bond acceptors (Lipinski definition) is 5. The van der Waals surface area contributed by atoms with Crippen LogP contribution in [0, 0.1) is 0 Å². The second-order valence-electron chi connectivity index (χ2n) is 4.98. The molecule has 0 aliphatic carbocycles. The quantitative estimate of drug-likeness (QED) is 0.732. The van der Waals surface area contributed by atoms with Crippen LogP contribution >= 0.6 is 0 Å². The zero-order valence-electron chi connectivity index (χ0n) is 12.2. The minimum Gasteiger partial charge on any atom is -0.329 e. The van der Waals surface area contributed by atoms with Crippen molar-refractivity contribution in [2.75, 3.05) is 0 Å². The molecule has 0 N–H and O–H groups in total. The van der Waals surface area contributed by atoms with Crippen LogP contribution in [-0.4, -0.2) is 19.7 Å². The van der Waals surface area contributed by atoms with E-state index in [1.165, 1.54) is 22.9 Å². The average molecular weight is 336 g/mol. The number of aryl methyl sites for hydroxylation is 2. The summed E-state index contributed by atoms with van der Waals surface area (Å²) in [6, 6.07) is 6.34. The lowest BCUT2D eigenvalue weighted by atomic mass is 10.2. The molecule has 0 saturated heterocycles. The summed E-state index contributed by atoms with van der Waals surface area (Å²) in [7, 11) is 0. The molecule has 6 nitrogen and oxygen atoms in total. The molecule has 0 saturated carbocycles. The van der Waals surface area contributed by atoms with Gasteiger partial charge in [0.05, 0.1) is 0 Å². The molecular weight excluding hydrogens is 325 g/mol. The van der Waals surface area contributed by atoms with Crippen LogP contribution in [-0.2, 0) is 19.1 Å². The van der Waals surface area contributed by atoms with Crippen molar-refractivity contribution >= 4 is 0 Å². The van der Waals surface area contributed by atoms with Gasteiger partial charge in [0.2, 0.25) is 5.82 Å². The second-order valence-corrected chi connectivity index (χ2v) is 4.98. The zero-order chi connectivity index (χ0) is 17.2. The molecular formula is C15H11F3N4O2. The third kappa shape index (κ3) is 3.50. The zero-order valence-corrected chi connectivity index (χ0v) is 12.2. The Hall–Kier alpha value is -2.97. The molecule has 0 atom stereocenters. The van der Waals surface area contributed by atoms with Crippen LogP contribution in [0.25, 0.3) is 11.4 Å². The molecule has 0 radical (unpaired) electrons. The van der Waals surface area contributed by atoms with E-state index in [0.29, 0.717) is 13.0 Å². The van der Waals surface area contributed by atoms with Crippen LogP contribution < -0.4 is 5.56 Å². The van der Waals surface area contributed by atoms with Crippen LogP contribution in [0.2, 0.25) is 0 Å². The molecule has 0 amide bonds. The molecule has 9 heteroatoms. The molecule has 24 heavy (non-hydrogen) atoms. The van der Waals surface area contributed by atoms with E-state index in [4.69, 9.17) is 0 Å². The molecule has 0 bridgehead atoms. The maximum atomic E-state index is 12.5. The predicted octanol–water partition coefficient (Wildman–Crippen LogP) is 2.55. The van der Waals surface area contributed by atoms with Gasteiger partial charge >= 0.3 is 12.1 Å². The lowest BCUT2D eigenvalue weighted by Gasteiger charge is -2.05. The van der Waals surface area contributed by atoms with Crippen molar-refractivity contribution in [3.63, 3.8) is 0 Å². The molecule has 0 fully saturated rings. The Morgan fingerprint density at radius 3 is 2.71 bits per heavy atom. The Bertz CT molecular complexity index is 887. The molecule has 3 aromatic heterocycles. The van der Waals surface area contributed by atoms with E-state index in [1.807, 2.05) is 6.07 Å². The van der Waals surface area contributed by atoms with Crippen LogP contribution in [0.4, 0.5) is 13.2 Å². The number of pyridine rings is 2. The highest BCUT2D eigenvalue weighted by Crippen LogP contribution is 2.28. The highest BCUT2D eigenvalue weighted by Gasteiger charge is 2.38. The third-order valence-corrected chi connectivity index (χ3v) is 3.29. The predicted molar refractivity (Wildman–Crippen MR) is 76.9 cm³/mol. The third-order valence-electron chi connectivity index (χ3n) is 3.29. The minimum absolute atomic E-state index is 0.164. The average Bonchev–Trinajstić information content (AvgIpc) is 3.05. The van der Waals surface area contributed by atoms with E-state index in [0.717, 1.165) is 5.56 Å². The molecule has 124 valence electrons. The van der Waals surface area contributed by atoms with Gasteiger partial charge in [0.1, 0.15) is 0 Å². The molecule has 0 aliphatic heterocycles. The first-order valence-electron chi connectivity index (χ1n) is 6.94. The van der Waals surface area contributed by atoms with Gasteiger partial charge < -0.3 is 9.09 Å². The minimum atomic E-state index is -4.72. The highest BCUT2D eigenvalue weighted by atomic mass is 19.4. The number of aromatic nitrogens is 4. The van der Waals surface area contributed by atoms with Gasteiger partial charge in [0.15, 0.2) is 0 Å². The van der Waals surface area contributed by atoms with Crippen LogP contribution in [0.5, 0.6) is 0 Å². The summed E-state index contributed by atoms with van der Waals surface area (Å²) in [5.74, 6) is -1.72. The van der Waals surface area contributed by atoms with Gasteiger partial charge in [-0.05, 0) is 24.1 Å². The lowest BCUT2D eigenvalue weighted by Crippen LogP contribution is -2.19. The van der Waals surface area contributed by atoms with E-state index >= 15 is 0 Å². The van der Waals surface area contributed by atoms with E-state index in [9.17, 15) is 18.0 Å². The summed E-state index contributed by atoms with van der Waals surface area (Å²) in [6.45, 7) is 0.421. The Morgan fingerprint density at radius 1 is 1.25 bits per heavy atom. The number of alkyl halides is 3. The van der Waals surface area contributed by atoms with Crippen LogP contribution in [0.3, 0.4) is 0 Å². The maximum absolute atomic E-state index is 12.5. The fourth-order valence-corrected chi connectivity index (χ4v) is 2.08. The molecule has 0 aliphatic rings. The SMILES string of the molecule is O=c1cc(-c2noc(C(F)(F)F)n2)ccn1CCc1cccnc1. The molecule has 3 rings (SSSR count). The van der Waals surface area contributed by atoms with E-state index in [1.54, 1.807) is 18.5 Å². The Balaban J connectivity index is 1.77. The van der Waals surface area contributed by atoms with Crippen LogP contribution in [0.15, 0.2) is 52.2 Å². The summed E-state index contributed by atoms with van der Waals surface area (Å²) >= 11 is 0. The van der Waals surface area contributed by atoms with Crippen molar-refractivity contribution in [2.24, 2.45) is 0 Å². The largest absolute Gasteiger partial charge is 0.471 e. The molecule has 3 heterocycles. The van der Waals surface area contributed by atoms with Crippen LogP contribution in [0.1, 0.15) is 11.5 Å². The first-order chi connectivity index (χ1) is 11.4. The molecule has 0 spiro atoms. The van der Waals surface area contributed by atoms with Gasteiger partial charge in [-0.1, -0.05) is 11.2 Å². The van der Waals surface area contributed by atoms with Gasteiger partial charge in [-0.3, -0.25) is 9.78 Å². The standard InChI is InChI=1S/C15H11F3N4O2/c16-15(17,18)14-20-13(21-24-14)11-4-7-22(12(23)8-11)6-3-10-2-1-5-19-9-10/h1-2,4-5,7-9H,3,6H2. The maximum Gasteiger partial charge on any atom is 0.471 e. The van der Waals surface area contributed by atoms with E-state index < -0.39 is 12.1 Å². The van der Waals surface area contributed by atoms with Gasteiger partial charge in [-0.2, -0.15) is 18.2 Å². The number of rotatable bonds is 4. The van der Waals surface area contributed by atoms with E-state index in [-0.39, 0.29) is 16.9 Å². The van der Waals surface area contributed by atoms with Crippen molar-refractivity contribution in [2.45, 2.75) is 19.1 Å². The lowest BCUT2D eigenvalue weighted by molar-refractivity contribution is -0.159. The number of nitrogens with zero attached hydrogens (tertiary/aromatic N) is 4. The summed E-state index contributed by atoms with van der Waals surface area (Å²) in [5, 5.41) is 3.25. The first kappa shape index (κ1) is 15.9. The summed E-state index contributed by atoms with van der Waals surface area (Å²) in [6.07, 6.45) is 0.733. The van der Waals surface area contributed by atoms with Gasteiger partial charge in [-0.15, -0.1) is 0 Å². The Labute approximate surface area is 133 Å². The topological polar surface area (TPSA) is 73.8 Å². The highest BCUT2D eigenvalue weighted by molar-refractivity contribution is 5.52. The number of halogens is 3. The smallest absolute Gasteiger partial charge is 0.329 e. The first-order valence-corrected chi connectivity index (χ1v) is 6.94. The monoisotopic (exact) mass is 336 g/mol. The fourth-order valence-electron chi connectivity index (χ4n) is 2.08. The molecule has 0 unspecified atom stereocenters. The van der Waals surface area contributed by atoms with Gasteiger partial charge in [0, 0.05) is 36.8 Å². The van der Waals surface area contributed by atoms with Crippen molar-refractivity contribution in [3.8, 4) is 11.4 Å². The van der Waals surface area contributed by atoms with E-state index in [2.05, 4.69) is 19.6 Å². The Morgan fingerprint density at radius 2 is 2.08 bits per heavy atom. The van der Waals surface area contributed by atoms with Gasteiger partial charge in [0.25, 0.3) is 5.56 Å². The number of hydrogen-bond donors (Lipinski definition) is 0. The summed E-state index contributed by atoms with van der Waals surface area (Å²) < 4.78 is 43.0. The van der Waals surface area contributed by atoms with Crippen molar-refractivity contribution in [1.82, 2.24) is 19.7 Å². The van der Waals surface area contributed by atoms with Crippen molar-refractivity contribution < 1.29 is 17.7 Å². The Kier molecular flexibility index (Phi) is 4.15. The normalized spacial score (nSPS) is 11.6. The van der Waals surface area contributed by atoms with Crippen molar-refractivity contribution in [1.29, 1.82) is 0 Å². The fraction of sp³-hybridized carbons (Fsp3) is 0.200. The van der Waals surface area contributed by atoms with Crippen molar-refractivity contribution in [3.05, 3.63) is 64.7 Å². The second kappa shape index (κ2) is 6.26.